The van der Waals surface area contributed by atoms with Gasteiger partial charge in [0.25, 0.3) is 0 Å². The van der Waals surface area contributed by atoms with Crippen LogP contribution in [0.15, 0.2) is 30.6 Å². The lowest BCUT2D eigenvalue weighted by Crippen LogP contribution is -2.02. The summed E-state index contributed by atoms with van der Waals surface area (Å²) in [7, 11) is 1.69. The van der Waals surface area contributed by atoms with Crippen molar-refractivity contribution in [3.63, 3.8) is 0 Å². The van der Waals surface area contributed by atoms with Crippen molar-refractivity contribution in [3.8, 4) is 5.75 Å². The van der Waals surface area contributed by atoms with Gasteiger partial charge in [-0.3, -0.25) is 4.98 Å². The molecule has 2 aromatic rings. The van der Waals surface area contributed by atoms with Crippen LogP contribution in [0.1, 0.15) is 13.3 Å². The van der Waals surface area contributed by atoms with E-state index in [1.807, 2.05) is 24.4 Å². The van der Waals surface area contributed by atoms with Crippen LogP contribution in [0.5, 0.6) is 5.75 Å². The van der Waals surface area contributed by atoms with E-state index in [2.05, 4.69) is 17.2 Å². The van der Waals surface area contributed by atoms with Crippen LogP contribution in [-0.4, -0.2) is 18.6 Å². The Morgan fingerprint density at radius 2 is 2.19 bits per heavy atom. The van der Waals surface area contributed by atoms with Crippen molar-refractivity contribution in [3.05, 3.63) is 30.6 Å². The molecule has 0 bridgehead atoms. The summed E-state index contributed by atoms with van der Waals surface area (Å²) >= 11 is 0. The molecule has 3 nitrogen and oxygen atoms in total. The van der Waals surface area contributed by atoms with E-state index in [1.54, 1.807) is 13.3 Å². The maximum Gasteiger partial charge on any atom is 0.142 e. The van der Waals surface area contributed by atoms with E-state index in [1.165, 1.54) is 0 Å². The highest BCUT2D eigenvalue weighted by Gasteiger charge is 2.06. The molecule has 0 fully saturated rings. The molecule has 1 heterocycles. The van der Waals surface area contributed by atoms with Crippen molar-refractivity contribution in [2.24, 2.45) is 0 Å². The Kier molecular flexibility index (Phi) is 3.25. The summed E-state index contributed by atoms with van der Waals surface area (Å²) in [5.74, 6) is 0.882. The first-order chi connectivity index (χ1) is 7.86. The van der Waals surface area contributed by atoms with Gasteiger partial charge in [-0.25, -0.2) is 0 Å². The number of rotatable bonds is 4. The lowest BCUT2D eigenvalue weighted by molar-refractivity contribution is 0.417. The SMILES string of the molecule is CCCNc1c(OC)ccc2cnccc12. The van der Waals surface area contributed by atoms with Crippen molar-refractivity contribution < 1.29 is 4.74 Å². The van der Waals surface area contributed by atoms with Crippen molar-refractivity contribution >= 4 is 16.5 Å². The van der Waals surface area contributed by atoms with Crippen LogP contribution in [0.2, 0.25) is 0 Å². The molecule has 0 radical (unpaired) electrons. The number of pyridine rings is 1. The topological polar surface area (TPSA) is 34.1 Å². The average molecular weight is 216 g/mol. The average Bonchev–Trinajstić information content (AvgIpc) is 2.35. The third-order valence-electron chi connectivity index (χ3n) is 2.55. The van der Waals surface area contributed by atoms with Crippen molar-refractivity contribution in [2.45, 2.75) is 13.3 Å². The number of methoxy groups -OCH3 is 1. The van der Waals surface area contributed by atoms with E-state index >= 15 is 0 Å². The van der Waals surface area contributed by atoms with Crippen molar-refractivity contribution in [2.75, 3.05) is 19.0 Å². The zero-order valence-electron chi connectivity index (χ0n) is 9.66. The Bertz CT molecular complexity index is 482. The quantitative estimate of drug-likeness (QED) is 0.852. The fourth-order valence-electron chi connectivity index (χ4n) is 1.75. The number of hydrogen-bond acceptors (Lipinski definition) is 3. The van der Waals surface area contributed by atoms with Gasteiger partial charge in [-0.2, -0.15) is 0 Å². The molecule has 0 atom stereocenters. The highest BCUT2D eigenvalue weighted by molar-refractivity contribution is 5.96. The summed E-state index contributed by atoms with van der Waals surface area (Å²) < 4.78 is 5.37. The predicted molar refractivity (Wildman–Crippen MR) is 67.1 cm³/mol. The van der Waals surface area contributed by atoms with Gasteiger partial charge in [0.2, 0.25) is 0 Å². The van der Waals surface area contributed by atoms with Gasteiger partial charge < -0.3 is 10.1 Å². The highest BCUT2D eigenvalue weighted by atomic mass is 16.5. The largest absolute Gasteiger partial charge is 0.495 e. The monoisotopic (exact) mass is 216 g/mol. The third kappa shape index (κ3) is 1.94. The lowest BCUT2D eigenvalue weighted by Gasteiger charge is -2.13. The molecule has 0 amide bonds. The molecule has 0 unspecified atom stereocenters. The van der Waals surface area contributed by atoms with Gasteiger partial charge in [0.15, 0.2) is 0 Å². The number of ether oxygens (including phenoxy) is 1. The number of nitrogens with zero attached hydrogens (tertiary/aromatic N) is 1. The van der Waals surface area contributed by atoms with Gasteiger partial charge in [-0.1, -0.05) is 6.92 Å². The number of aromatic nitrogens is 1. The van der Waals surface area contributed by atoms with Gasteiger partial charge in [-0.15, -0.1) is 0 Å². The van der Waals surface area contributed by atoms with E-state index in [0.717, 1.165) is 35.2 Å². The van der Waals surface area contributed by atoms with E-state index in [9.17, 15) is 0 Å². The lowest BCUT2D eigenvalue weighted by atomic mass is 10.1. The van der Waals surface area contributed by atoms with Gasteiger partial charge >= 0.3 is 0 Å². The smallest absolute Gasteiger partial charge is 0.142 e. The molecule has 1 N–H and O–H groups in total. The van der Waals surface area contributed by atoms with E-state index in [4.69, 9.17) is 4.74 Å². The summed E-state index contributed by atoms with van der Waals surface area (Å²) in [5, 5.41) is 5.69. The maximum atomic E-state index is 5.37. The zero-order chi connectivity index (χ0) is 11.4. The van der Waals surface area contributed by atoms with Crippen LogP contribution < -0.4 is 10.1 Å². The summed E-state index contributed by atoms with van der Waals surface area (Å²) in [6, 6.07) is 6.01. The summed E-state index contributed by atoms with van der Waals surface area (Å²) in [6.07, 6.45) is 4.76. The van der Waals surface area contributed by atoms with E-state index in [0.29, 0.717) is 0 Å². The second kappa shape index (κ2) is 4.84. The van der Waals surface area contributed by atoms with E-state index in [-0.39, 0.29) is 0 Å². The summed E-state index contributed by atoms with van der Waals surface area (Å²) in [5.41, 5.74) is 1.06. The fourth-order valence-corrected chi connectivity index (χ4v) is 1.75. The van der Waals surface area contributed by atoms with Crippen LogP contribution in [0.4, 0.5) is 5.69 Å². The molecule has 3 heteroatoms. The Morgan fingerprint density at radius 1 is 1.31 bits per heavy atom. The van der Waals surface area contributed by atoms with Crippen LogP contribution in [0.3, 0.4) is 0 Å². The van der Waals surface area contributed by atoms with Gasteiger partial charge in [0, 0.05) is 29.7 Å². The standard InChI is InChI=1S/C13H16N2O/c1-3-7-15-13-11-6-8-14-9-10(11)4-5-12(13)16-2/h4-6,8-9,15H,3,7H2,1-2H3. The van der Waals surface area contributed by atoms with Gasteiger partial charge in [0.1, 0.15) is 5.75 Å². The number of anilines is 1. The Balaban J connectivity index is 2.54. The van der Waals surface area contributed by atoms with Crippen LogP contribution in [0, 0.1) is 0 Å². The fraction of sp³-hybridized carbons (Fsp3) is 0.308. The predicted octanol–water partition coefficient (Wildman–Crippen LogP) is 3.07. The minimum atomic E-state index is 0.882. The number of benzene rings is 1. The first kappa shape index (κ1) is 10.7. The molecular formula is C13H16N2O. The van der Waals surface area contributed by atoms with Crippen molar-refractivity contribution in [1.82, 2.24) is 4.98 Å². The molecule has 0 spiro atoms. The molecule has 84 valence electrons. The molecule has 16 heavy (non-hydrogen) atoms. The Morgan fingerprint density at radius 3 is 2.94 bits per heavy atom. The van der Waals surface area contributed by atoms with Crippen LogP contribution in [0.25, 0.3) is 10.8 Å². The first-order valence-corrected chi connectivity index (χ1v) is 5.51. The van der Waals surface area contributed by atoms with Crippen LogP contribution >= 0.6 is 0 Å². The maximum absolute atomic E-state index is 5.37. The molecule has 1 aromatic carbocycles. The normalized spacial score (nSPS) is 10.4. The molecule has 1 aromatic heterocycles. The molecule has 2 rings (SSSR count). The van der Waals surface area contributed by atoms with Gasteiger partial charge in [0.05, 0.1) is 12.8 Å². The molecule has 0 saturated heterocycles. The minimum Gasteiger partial charge on any atom is -0.495 e. The number of fused-ring (bicyclic) bond motifs is 1. The molecule has 0 aliphatic heterocycles. The first-order valence-electron chi connectivity index (χ1n) is 5.51. The summed E-state index contributed by atoms with van der Waals surface area (Å²) in [4.78, 5) is 4.12. The Labute approximate surface area is 95.5 Å². The molecule has 0 aliphatic carbocycles. The second-order valence-electron chi connectivity index (χ2n) is 3.67. The van der Waals surface area contributed by atoms with E-state index < -0.39 is 0 Å². The minimum absolute atomic E-state index is 0.882. The Hall–Kier alpha value is -1.77. The number of hydrogen-bond donors (Lipinski definition) is 1. The highest BCUT2D eigenvalue weighted by Crippen LogP contribution is 2.32. The third-order valence-corrected chi connectivity index (χ3v) is 2.55. The van der Waals surface area contributed by atoms with Crippen LogP contribution in [-0.2, 0) is 0 Å². The second-order valence-corrected chi connectivity index (χ2v) is 3.67. The summed E-state index contributed by atoms with van der Waals surface area (Å²) in [6.45, 7) is 3.09. The molecular weight excluding hydrogens is 200 g/mol. The molecule has 0 saturated carbocycles. The zero-order valence-corrected chi connectivity index (χ0v) is 9.66. The van der Waals surface area contributed by atoms with Crippen molar-refractivity contribution in [1.29, 1.82) is 0 Å². The van der Waals surface area contributed by atoms with Gasteiger partial charge in [-0.05, 0) is 24.6 Å². The number of nitrogens with one attached hydrogen (secondary N) is 1. The molecule has 0 aliphatic rings.